The van der Waals surface area contributed by atoms with Crippen LogP contribution in [0.2, 0.25) is 0 Å². The molecule has 0 saturated carbocycles. The fraction of sp³-hybridized carbons (Fsp3) is 0.222. The number of aromatic nitrogens is 4. The summed E-state index contributed by atoms with van der Waals surface area (Å²) in [5.74, 6) is 0.840. The first kappa shape index (κ1) is 8.68. The van der Waals surface area contributed by atoms with Crippen molar-refractivity contribution in [3.8, 4) is 0 Å². The Hall–Kier alpha value is -1.91. The second kappa shape index (κ2) is 4.36. The molecule has 0 atom stereocenters. The van der Waals surface area contributed by atoms with Gasteiger partial charge >= 0.3 is 0 Å². The van der Waals surface area contributed by atoms with Crippen LogP contribution in [0, 0.1) is 0 Å². The van der Waals surface area contributed by atoms with Crippen molar-refractivity contribution in [1.29, 1.82) is 0 Å². The predicted molar refractivity (Wildman–Crippen MR) is 52.7 cm³/mol. The molecule has 0 fully saturated rings. The molecule has 0 saturated heterocycles. The lowest BCUT2D eigenvalue weighted by molar-refractivity contribution is 0.637. The van der Waals surface area contributed by atoms with E-state index in [1.54, 1.807) is 12.4 Å². The lowest BCUT2D eigenvalue weighted by Gasteiger charge is -2.04. The van der Waals surface area contributed by atoms with Crippen molar-refractivity contribution in [2.75, 3.05) is 11.9 Å². The van der Waals surface area contributed by atoms with Gasteiger partial charge in [-0.1, -0.05) is 0 Å². The molecule has 2 aromatic rings. The Morgan fingerprint density at radius 1 is 1.36 bits per heavy atom. The summed E-state index contributed by atoms with van der Waals surface area (Å²) in [6.45, 7) is 1.63. The molecule has 0 unspecified atom stereocenters. The minimum Gasteiger partial charge on any atom is -0.368 e. The number of nitrogens with zero attached hydrogens (tertiary/aromatic N) is 4. The van der Waals surface area contributed by atoms with E-state index in [1.807, 2.05) is 23.0 Å². The third-order valence-electron chi connectivity index (χ3n) is 1.79. The monoisotopic (exact) mass is 189 g/mol. The van der Waals surface area contributed by atoms with Gasteiger partial charge in [0.05, 0.1) is 6.54 Å². The average molecular weight is 189 g/mol. The molecule has 72 valence electrons. The highest BCUT2D eigenvalue weighted by Crippen LogP contribution is 1.96. The maximum absolute atomic E-state index is 4.09. The van der Waals surface area contributed by atoms with E-state index >= 15 is 0 Å². The highest BCUT2D eigenvalue weighted by Gasteiger charge is 1.92. The van der Waals surface area contributed by atoms with Gasteiger partial charge in [-0.3, -0.25) is 4.68 Å². The summed E-state index contributed by atoms with van der Waals surface area (Å²) in [6.07, 6.45) is 6.94. The Morgan fingerprint density at radius 3 is 3.07 bits per heavy atom. The largest absolute Gasteiger partial charge is 0.368 e. The molecular weight excluding hydrogens is 178 g/mol. The molecule has 0 radical (unpaired) electrons. The molecule has 5 nitrogen and oxygen atoms in total. The quantitative estimate of drug-likeness (QED) is 0.772. The highest BCUT2D eigenvalue weighted by atomic mass is 15.3. The first-order valence-electron chi connectivity index (χ1n) is 4.42. The van der Waals surface area contributed by atoms with Gasteiger partial charge in [0.25, 0.3) is 0 Å². The molecule has 2 aromatic heterocycles. The van der Waals surface area contributed by atoms with Crippen LogP contribution in [-0.2, 0) is 6.54 Å². The molecule has 5 heteroatoms. The standard InChI is InChI=1S/C9H11N5/c1-3-13-14(6-1)7-5-11-9-2-4-10-8-12-9/h1-4,6,8H,5,7H2,(H,10,11,12). The van der Waals surface area contributed by atoms with E-state index in [1.165, 1.54) is 6.33 Å². The third-order valence-corrected chi connectivity index (χ3v) is 1.79. The molecular formula is C9H11N5. The van der Waals surface area contributed by atoms with Crippen LogP contribution < -0.4 is 5.32 Å². The van der Waals surface area contributed by atoms with Crippen LogP contribution in [0.25, 0.3) is 0 Å². The zero-order valence-electron chi connectivity index (χ0n) is 7.67. The van der Waals surface area contributed by atoms with Crippen molar-refractivity contribution in [2.24, 2.45) is 0 Å². The van der Waals surface area contributed by atoms with E-state index in [9.17, 15) is 0 Å². The first-order valence-corrected chi connectivity index (χ1v) is 4.42. The van der Waals surface area contributed by atoms with Crippen molar-refractivity contribution >= 4 is 5.82 Å². The zero-order chi connectivity index (χ0) is 9.64. The smallest absolute Gasteiger partial charge is 0.129 e. The SMILES string of the molecule is c1cnn(CCNc2ccncn2)c1. The lowest BCUT2D eigenvalue weighted by atomic mass is 10.5. The topological polar surface area (TPSA) is 55.6 Å². The van der Waals surface area contributed by atoms with E-state index < -0.39 is 0 Å². The van der Waals surface area contributed by atoms with Gasteiger partial charge in [-0.05, 0) is 12.1 Å². The summed E-state index contributed by atoms with van der Waals surface area (Å²) in [5.41, 5.74) is 0. The summed E-state index contributed by atoms with van der Waals surface area (Å²) >= 11 is 0. The van der Waals surface area contributed by atoms with E-state index in [4.69, 9.17) is 0 Å². The molecule has 0 aliphatic rings. The number of hydrogen-bond acceptors (Lipinski definition) is 4. The van der Waals surface area contributed by atoms with Gasteiger partial charge in [-0.25, -0.2) is 9.97 Å². The van der Waals surface area contributed by atoms with Crippen LogP contribution in [-0.4, -0.2) is 26.3 Å². The number of rotatable bonds is 4. The molecule has 0 spiro atoms. The fourth-order valence-electron chi connectivity index (χ4n) is 1.13. The van der Waals surface area contributed by atoms with Crippen LogP contribution >= 0.6 is 0 Å². The van der Waals surface area contributed by atoms with Crippen LogP contribution in [0.15, 0.2) is 37.1 Å². The minimum absolute atomic E-state index is 0.804. The lowest BCUT2D eigenvalue weighted by Crippen LogP contribution is -2.11. The van der Waals surface area contributed by atoms with Gasteiger partial charge in [-0.2, -0.15) is 5.10 Å². The third kappa shape index (κ3) is 2.29. The Labute approximate surface area is 81.8 Å². The van der Waals surface area contributed by atoms with Crippen molar-refractivity contribution in [1.82, 2.24) is 19.7 Å². The first-order chi connectivity index (χ1) is 6.95. The molecule has 14 heavy (non-hydrogen) atoms. The predicted octanol–water partition coefficient (Wildman–Crippen LogP) is 0.785. The molecule has 0 amide bonds. The van der Waals surface area contributed by atoms with Gasteiger partial charge in [-0.15, -0.1) is 0 Å². The Bertz CT molecular complexity index is 356. The summed E-state index contributed by atoms with van der Waals surface area (Å²) in [6, 6.07) is 3.74. The second-order valence-corrected chi connectivity index (χ2v) is 2.79. The van der Waals surface area contributed by atoms with E-state index in [-0.39, 0.29) is 0 Å². The summed E-state index contributed by atoms with van der Waals surface area (Å²) in [4.78, 5) is 7.88. The average Bonchev–Trinajstić information content (AvgIpc) is 2.72. The number of nitrogens with one attached hydrogen (secondary N) is 1. The maximum atomic E-state index is 4.09. The summed E-state index contributed by atoms with van der Waals surface area (Å²) in [7, 11) is 0. The van der Waals surface area contributed by atoms with Crippen molar-refractivity contribution in [3.05, 3.63) is 37.1 Å². The van der Waals surface area contributed by atoms with Crippen molar-refractivity contribution < 1.29 is 0 Å². The maximum Gasteiger partial charge on any atom is 0.129 e. The zero-order valence-corrected chi connectivity index (χ0v) is 7.67. The van der Waals surface area contributed by atoms with Crippen LogP contribution in [0.3, 0.4) is 0 Å². The van der Waals surface area contributed by atoms with Crippen LogP contribution in [0.4, 0.5) is 5.82 Å². The number of anilines is 1. The Kier molecular flexibility index (Phi) is 2.70. The van der Waals surface area contributed by atoms with Crippen molar-refractivity contribution in [3.63, 3.8) is 0 Å². The van der Waals surface area contributed by atoms with E-state index in [0.29, 0.717) is 0 Å². The van der Waals surface area contributed by atoms with Gasteiger partial charge in [0.1, 0.15) is 12.1 Å². The molecule has 0 aliphatic carbocycles. The van der Waals surface area contributed by atoms with Gasteiger partial charge in [0.2, 0.25) is 0 Å². The van der Waals surface area contributed by atoms with E-state index in [0.717, 1.165) is 18.9 Å². The minimum atomic E-state index is 0.804. The Balaban J connectivity index is 1.79. The number of hydrogen-bond donors (Lipinski definition) is 1. The van der Waals surface area contributed by atoms with Crippen LogP contribution in [0.5, 0.6) is 0 Å². The molecule has 1 N–H and O–H groups in total. The molecule has 0 aliphatic heterocycles. The summed E-state index contributed by atoms with van der Waals surface area (Å²) in [5, 5.41) is 7.26. The van der Waals surface area contributed by atoms with Crippen LogP contribution in [0.1, 0.15) is 0 Å². The molecule has 0 bridgehead atoms. The summed E-state index contributed by atoms with van der Waals surface area (Å²) < 4.78 is 1.87. The van der Waals surface area contributed by atoms with Gasteiger partial charge in [0, 0.05) is 25.1 Å². The molecule has 2 rings (SSSR count). The molecule has 2 heterocycles. The van der Waals surface area contributed by atoms with E-state index in [2.05, 4.69) is 20.4 Å². The van der Waals surface area contributed by atoms with Gasteiger partial charge < -0.3 is 5.32 Å². The van der Waals surface area contributed by atoms with Crippen molar-refractivity contribution in [2.45, 2.75) is 6.54 Å². The molecule has 0 aromatic carbocycles. The second-order valence-electron chi connectivity index (χ2n) is 2.79. The van der Waals surface area contributed by atoms with Gasteiger partial charge in [0.15, 0.2) is 0 Å². The fourth-order valence-corrected chi connectivity index (χ4v) is 1.13. The highest BCUT2D eigenvalue weighted by molar-refractivity contribution is 5.30. The Morgan fingerprint density at radius 2 is 2.36 bits per heavy atom. The normalized spacial score (nSPS) is 10.0.